The summed E-state index contributed by atoms with van der Waals surface area (Å²) in [6.07, 6.45) is 0.159. The van der Waals surface area contributed by atoms with Gasteiger partial charge in [0.15, 0.2) is 11.5 Å². The van der Waals surface area contributed by atoms with Crippen molar-refractivity contribution in [1.82, 2.24) is 5.32 Å². The standard InChI is InChI=1S/C14H19NO5/c1-9(14(17)18)8-15-13(16)7-10-4-5-11(19-2)12(6-10)20-3/h4-6,9H,7-8H2,1-3H3,(H,15,16)(H,17,18). The number of methoxy groups -OCH3 is 2. The summed E-state index contributed by atoms with van der Waals surface area (Å²) < 4.78 is 10.3. The maximum Gasteiger partial charge on any atom is 0.308 e. The predicted octanol–water partition coefficient (Wildman–Crippen LogP) is 1.08. The number of carbonyl (C=O) groups excluding carboxylic acids is 1. The van der Waals surface area contributed by atoms with Gasteiger partial charge in [-0.1, -0.05) is 13.0 Å². The molecule has 1 unspecified atom stereocenters. The molecule has 6 heteroatoms. The molecule has 0 spiro atoms. The molecule has 110 valence electrons. The Balaban J connectivity index is 2.60. The highest BCUT2D eigenvalue weighted by Crippen LogP contribution is 2.27. The second-order valence-corrected chi connectivity index (χ2v) is 4.41. The van der Waals surface area contributed by atoms with Gasteiger partial charge in [0.25, 0.3) is 0 Å². The highest BCUT2D eigenvalue weighted by Gasteiger charge is 2.13. The zero-order chi connectivity index (χ0) is 15.1. The van der Waals surface area contributed by atoms with Gasteiger partial charge in [0, 0.05) is 6.54 Å². The number of benzene rings is 1. The van der Waals surface area contributed by atoms with Gasteiger partial charge >= 0.3 is 5.97 Å². The maximum absolute atomic E-state index is 11.7. The highest BCUT2D eigenvalue weighted by molar-refractivity contribution is 5.79. The summed E-state index contributed by atoms with van der Waals surface area (Å²) in [6, 6.07) is 5.21. The van der Waals surface area contributed by atoms with Gasteiger partial charge in [0.05, 0.1) is 26.6 Å². The number of amides is 1. The lowest BCUT2D eigenvalue weighted by Gasteiger charge is -2.11. The first kappa shape index (κ1) is 15.8. The van der Waals surface area contributed by atoms with Gasteiger partial charge in [-0.05, 0) is 17.7 Å². The molecule has 1 atom stereocenters. The first-order valence-electron chi connectivity index (χ1n) is 6.18. The number of carboxylic acids is 1. The van der Waals surface area contributed by atoms with Crippen LogP contribution in [0.4, 0.5) is 0 Å². The molecule has 20 heavy (non-hydrogen) atoms. The van der Waals surface area contributed by atoms with E-state index >= 15 is 0 Å². The maximum atomic E-state index is 11.7. The molecule has 0 aliphatic heterocycles. The molecule has 1 aromatic carbocycles. The van der Waals surface area contributed by atoms with Gasteiger partial charge in [-0.15, -0.1) is 0 Å². The van der Waals surface area contributed by atoms with E-state index in [1.54, 1.807) is 25.1 Å². The van der Waals surface area contributed by atoms with Gasteiger partial charge in [-0.2, -0.15) is 0 Å². The average molecular weight is 281 g/mol. The van der Waals surface area contributed by atoms with E-state index in [2.05, 4.69) is 5.32 Å². The molecular formula is C14H19NO5. The van der Waals surface area contributed by atoms with Crippen LogP contribution in [-0.2, 0) is 16.0 Å². The van der Waals surface area contributed by atoms with E-state index in [0.717, 1.165) is 5.56 Å². The summed E-state index contributed by atoms with van der Waals surface area (Å²) in [5, 5.41) is 11.3. The first-order valence-corrected chi connectivity index (χ1v) is 6.18. The largest absolute Gasteiger partial charge is 0.493 e. The van der Waals surface area contributed by atoms with Gasteiger partial charge < -0.3 is 19.9 Å². The molecule has 0 aliphatic carbocycles. The van der Waals surface area contributed by atoms with Crippen LogP contribution in [0.2, 0.25) is 0 Å². The number of nitrogens with one attached hydrogen (secondary N) is 1. The fraction of sp³-hybridized carbons (Fsp3) is 0.429. The van der Waals surface area contributed by atoms with Crippen LogP contribution in [0, 0.1) is 5.92 Å². The van der Waals surface area contributed by atoms with Crippen LogP contribution in [0.25, 0.3) is 0 Å². The van der Waals surface area contributed by atoms with Crippen molar-refractivity contribution in [3.8, 4) is 11.5 Å². The van der Waals surface area contributed by atoms with Crippen LogP contribution in [0.15, 0.2) is 18.2 Å². The second kappa shape index (κ2) is 7.37. The number of carbonyl (C=O) groups is 2. The third-order valence-corrected chi connectivity index (χ3v) is 2.84. The monoisotopic (exact) mass is 281 g/mol. The third-order valence-electron chi connectivity index (χ3n) is 2.84. The van der Waals surface area contributed by atoms with Gasteiger partial charge in [0.2, 0.25) is 5.91 Å². The quantitative estimate of drug-likeness (QED) is 0.781. The second-order valence-electron chi connectivity index (χ2n) is 4.41. The first-order chi connectivity index (χ1) is 9.47. The fourth-order valence-corrected chi connectivity index (χ4v) is 1.59. The fourth-order valence-electron chi connectivity index (χ4n) is 1.59. The molecule has 2 N–H and O–H groups in total. The summed E-state index contributed by atoms with van der Waals surface area (Å²) in [7, 11) is 3.06. The lowest BCUT2D eigenvalue weighted by Crippen LogP contribution is -2.32. The zero-order valence-corrected chi connectivity index (χ0v) is 11.8. The molecule has 6 nitrogen and oxygen atoms in total. The SMILES string of the molecule is COc1ccc(CC(=O)NCC(C)C(=O)O)cc1OC. The minimum absolute atomic E-state index is 0.113. The van der Waals surface area contributed by atoms with E-state index in [4.69, 9.17) is 14.6 Å². The van der Waals surface area contributed by atoms with E-state index in [-0.39, 0.29) is 18.9 Å². The number of hydrogen-bond donors (Lipinski definition) is 2. The lowest BCUT2D eigenvalue weighted by molar-refractivity contribution is -0.141. The number of hydrogen-bond acceptors (Lipinski definition) is 4. The predicted molar refractivity (Wildman–Crippen MR) is 73.1 cm³/mol. The highest BCUT2D eigenvalue weighted by atomic mass is 16.5. The van der Waals surface area contributed by atoms with Crippen molar-refractivity contribution in [2.75, 3.05) is 20.8 Å². The number of aliphatic carboxylic acids is 1. The van der Waals surface area contributed by atoms with E-state index in [9.17, 15) is 9.59 Å². The molecule has 0 saturated heterocycles. The van der Waals surface area contributed by atoms with Crippen molar-refractivity contribution in [2.45, 2.75) is 13.3 Å². The van der Waals surface area contributed by atoms with Crippen molar-refractivity contribution < 1.29 is 24.2 Å². The van der Waals surface area contributed by atoms with E-state index in [1.165, 1.54) is 14.2 Å². The number of ether oxygens (including phenoxy) is 2. The lowest BCUT2D eigenvalue weighted by atomic mass is 10.1. The molecule has 0 radical (unpaired) electrons. The van der Waals surface area contributed by atoms with Crippen LogP contribution >= 0.6 is 0 Å². The van der Waals surface area contributed by atoms with Gasteiger partial charge in [0.1, 0.15) is 0 Å². The summed E-state index contributed by atoms with van der Waals surface area (Å²) in [6.45, 7) is 1.65. The molecule has 0 heterocycles. The van der Waals surface area contributed by atoms with E-state index < -0.39 is 11.9 Å². The smallest absolute Gasteiger partial charge is 0.308 e. The molecule has 1 aromatic rings. The summed E-state index contributed by atoms with van der Waals surface area (Å²) in [5.41, 5.74) is 0.767. The van der Waals surface area contributed by atoms with Gasteiger partial charge in [-0.25, -0.2) is 0 Å². The van der Waals surface area contributed by atoms with E-state index in [1.807, 2.05) is 0 Å². The molecular weight excluding hydrogens is 262 g/mol. The summed E-state index contributed by atoms with van der Waals surface area (Å²) >= 11 is 0. The molecule has 0 fully saturated rings. The molecule has 0 bridgehead atoms. The Bertz CT molecular complexity index is 486. The molecule has 1 amide bonds. The van der Waals surface area contributed by atoms with Crippen molar-refractivity contribution in [2.24, 2.45) is 5.92 Å². The third kappa shape index (κ3) is 4.46. The van der Waals surface area contributed by atoms with Crippen LogP contribution in [0.3, 0.4) is 0 Å². The normalized spacial score (nSPS) is 11.6. The van der Waals surface area contributed by atoms with Gasteiger partial charge in [-0.3, -0.25) is 9.59 Å². The minimum Gasteiger partial charge on any atom is -0.493 e. The summed E-state index contributed by atoms with van der Waals surface area (Å²) in [5.74, 6) is -0.626. The van der Waals surface area contributed by atoms with Crippen LogP contribution < -0.4 is 14.8 Å². The van der Waals surface area contributed by atoms with Crippen molar-refractivity contribution >= 4 is 11.9 Å². The Kier molecular flexibility index (Phi) is 5.83. The van der Waals surface area contributed by atoms with Crippen LogP contribution in [0.5, 0.6) is 11.5 Å². The molecule has 1 rings (SSSR count). The Hall–Kier alpha value is -2.24. The van der Waals surface area contributed by atoms with Crippen molar-refractivity contribution in [1.29, 1.82) is 0 Å². The van der Waals surface area contributed by atoms with E-state index in [0.29, 0.717) is 11.5 Å². The topological polar surface area (TPSA) is 84.9 Å². The molecule has 0 aromatic heterocycles. The Morgan fingerprint density at radius 3 is 2.45 bits per heavy atom. The number of rotatable bonds is 7. The van der Waals surface area contributed by atoms with Crippen LogP contribution in [0.1, 0.15) is 12.5 Å². The number of carboxylic acid groups (broad SMARTS) is 1. The Morgan fingerprint density at radius 2 is 1.90 bits per heavy atom. The minimum atomic E-state index is -0.934. The van der Waals surface area contributed by atoms with Crippen LogP contribution in [-0.4, -0.2) is 37.7 Å². The molecule has 0 aliphatic rings. The van der Waals surface area contributed by atoms with Crippen molar-refractivity contribution in [3.05, 3.63) is 23.8 Å². The summed E-state index contributed by atoms with van der Waals surface area (Å²) in [4.78, 5) is 22.4. The van der Waals surface area contributed by atoms with Crippen molar-refractivity contribution in [3.63, 3.8) is 0 Å². The average Bonchev–Trinajstić information content (AvgIpc) is 2.44. The zero-order valence-electron chi connectivity index (χ0n) is 11.8. The Labute approximate surface area is 117 Å². The Morgan fingerprint density at radius 1 is 1.25 bits per heavy atom. The molecule has 0 saturated carbocycles.